The van der Waals surface area contributed by atoms with E-state index in [1.54, 1.807) is 26.8 Å². The van der Waals surface area contributed by atoms with Crippen molar-refractivity contribution >= 4 is 35.2 Å². The van der Waals surface area contributed by atoms with Gasteiger partial charge in [-0.3, -0.25) is 24.0 Å². The van der Waals surface area contributed by atoms with Crippen LogP contribution in [-0.2, 0) is 33.5 Å². The Labute approximate surface area is 234 Å². The quantitative estimate of drug-likeness (QED) is 0.360. The second-order valence-electron chi connectivity index (χ2n) is 13.0. The molecular weight excluding hydrogens is 518 g/mol. The van der Waals surface area contributed by atoms with E-state index in [0.29, 0.717) is 19.3 Å². The van der Waals surface area contributed by atoms with Gasteiger partial charge in [0.15, 0.2) is 12.4 Å². The number of ether oxygens (including phenoxy) is 1. The molecule has 0 unspecified atom stereocenters. The summed E-state index contributed by atoms with van der Waals surface area (Å²) in [6.45, 7) is 6.52. The Morgan fingerprint density at radius 1 is 1.07 bits per heavy atom. The van der Waals surface area contributed by atoms with E-state index in [0.717, 1.165) is 18.4 Å². The molecule has 0 radical (unpaired) electrons. The number of carbonyl (C=O) groups excluding carboxylic acids is 5. The predicted molar refractivity (Wildman–Crippen MR) is 142 cm³/mol. The van der Waals surface area contributed by atoms with Crippen LogP contribution in [0.5, 0.6) is 0 Å². The number of carboxylic acid groups (broad SMARTS) is 1. The molecule has 3 saturated carbocycles. The molecule has 40 heavy (non-hydrogen) atoms. The van der Waals surface area contributed by atoms with Crippen molar-refractivity contribution < 1.29 is 43.7 Å². The largest absolute Gasteiger partial charge is 0.480 e. The highest BCUT2D eigenvalue weighted by Gasteiger charge is 2.68. The second-order valence-corrected chi connectivity index (χ2v) is 13.0. The molecular formula is C30H41NO9. The van der Waals surface area contributed by atoms with Crippen molar-refractivity contribution in [2.24, 2.45) is 34.5 Å². The van der Waals surface area contributed by atoms with E-state index in [9.17, 15) is 39.0 Å². The van der Waals surface area contributed by atoms with Gasteiger partial charge in [-0.15, -0.1) is 0 Å². The first-order valence-electron chi connectivity index (χ1n) is 14.3. The zero-order valence-corrected chi connectivity index (χ0v) is 23.8. The van der Waals surface area contributed by atoms with Crippen LogP contribution >= 0.6 is 0 Å². The minimum absolute atomic E-state index is 0.00459. The SMILES string of the molecule is CC(C)[C@H](NC(=O)CCC(=O)OCC(=O)[C@@]1(O)CC[C@@H]2[C@@H]3CCC4=CC(=O)CC[C@]4(C)[C@@H]3C(=O)C[C@@]21C)C(=O)O. The Balaban J connectivity index is 1.38. The number of rotatable bonds is 9. The van der Waals surface area contributed by atoms with E-state index < -0.39 is 47.3 Å². The van der Waals surface area contributed by atoms with Gasteiger partial charge in [0.25, 0.3) is 0 Å². The summed E-state index contributed by atoms with van der Waals surface area (Å²) in [5, 5.41) is 23.3. The fraction of sp³-hybridized carbons (Fsp3) is 0.733. The molecule has 220 valence electrons. The lowest BCUT2D eigenvalue weighted by Gasteiger charge is -2.57. The van der Waals surface area contributed by atoms with E-state index >= 15 is 0 Å². The maximum atomic E-state index is 13.7. The first-order valence-corrected chi connectivity index (χ1v) is 14.3. The molecule has 3 fully saturated rings. The lowest BCUT2D eigenvalue weighted by Crippen LogP contribution is -2.61. The van der Waals surface area contributed by atoms with E-state index in [-0.39, 0.29) is 66.3 Å². The molecule has 0 aromatic rings. The molecule has 0 bridgehead atoms. The van der Waals surface area contributed by atoms with Gasteiger partial charge in [-0.25, -0.2) is 4.79 Å². The van der Waals surface area contributed by atoms with Crippen molar-refractivity contribution in [3.05, 3.63) is 11.6 Å². The number of ketones is 3. The summed E-state index contributed by atoms with van der Waals surface area (Å²) in [5.41, 5.74) is -2.13. The summed E-state index contributed by atoms with van der Waals surface area (Å²) in [4.78, 5) is 74.7. The maximum absolute atomic E-state index is 13.7. The Bertz CT molecular complexity index is 1160. The van der Waals surface area contributed by atoms with Gasteiger partial charge in [0.1, 0.15) is 17.4 Å². The number of Topliss-reactive ketones (excluding diaryl/α,β-unsaturated/α-hetero) is 2. The number of carboxylic acids is 1. The number of aliphatic hydroxyl groups is 1. The molecule has 0 aromatic carbocycles. The Morgan fingerprint density at radius 3 is 2.42 bits per heavy atom. The summed E-state index contributed by atoms with van der Waals surface area (Å²) in [6, 6.07) is -1.08. The molecule has 4 aliphatic rings. The highest BCUT2D eigenvalue weighted by atomic mass is 16.5. The highest BCUT2D eigenvalue weighted by molar-refractivity contribution is 5.95. The molecule has 10 nitrogen and oxygen atoms in total. The first kappa shape index (κ1) is 30.1. The van der Waals surface area contributed by atoms with Gasteiger partial charge in [-0.2, -0.15) is 0 Å². The molecule has 0 saturated heterocycles. The Morgan fingerprint density at radius 2 is 1.77 bits per heavy atom. The van der Waals surface area contributed by atoms with Gasteiger partial charge in [-0.1, -0.05) is 33.3 Å². The normalized spacial score (nSPS) is 35.6. The standard InChI is InChI=1S/C30H41NO9/c1-16(2)26(27(37)38)31-23(35)7-8-24(36)40-15-22(34)30(39)12-10-20-19-6-5-17-13-18(32)9-11-28(17,3)25(19)21(33)14-29(20,30)4/h13,16,19-20,25-26,39H,5-12,14-15H2,1-4H3,(H,31,35)(H,37,38)/t19-,20+,25-,26-,28-,29-,30-/m0/s1. The Hall–Kier alpha value is -2.88. The fourth-order valence-electron chi connectivity index (χ4n) is 8.16. The number of allylic oxidation sites excluding steroid dienone is 1. The Kier molecular flexibility index (Phi) is 8.15. The van der Waals surface area contributed by atoms with Gasteiger partial charge < -0.3 is 20.3 Å². The summed E-state index contributed by atoms with van der Waals surface area (Å²) in [7, 11) is 0. The van der Waals surface area contributed by atoms with E-state index in [4.69, 9.17) is 4.74 Å². The first-order chi connectivity index (χ1) is 18.6. The number of aliphatic carboxylic acids is 1. The summed E-state index contributed by atoms with van der Waals surface area (Å²) in [5.74, 6) is -3.76. The van der Waals surface area contributed by atoms with Gasteiger partial charge >= 0.3 is 11.9 Å². The van der Waals surface area contributed by atoms with Crippen molar-refractivity contribution in [3.63, 3.8) is 0 Å². The summed E-state index contributed by atoms with van der Waals surface area (Å²) < 4.78 is 5.12. The van der Waals surface area contributed by atoms with Crippen molar-refractivity contribution in [2.45, 2.75) is 97.1 Å². The number of esters is 1. The number of hydrogen-bond donors (Lipinski definition) is 3. The lowest BCUT2D eigenvalue weighted by molar-refractivity contribution is -0.173. The fourth-order valence-corrected chi connectivity index (χ4v) is 8.16. The van der Waals surface area contributed by atoms with Crippen molar-refractivity contribution in [3.8, 4) is 0 Å². The number of hydrogen-bond acceptors (Lipinski definition) is 8. The van der Waals surface area contributed by atoms with Crippen LogP contribution < -0.4 is 5.32 Å². The summed E-state index contributed by atoms with van der Waals surface area (Å²) >= 11 is 0. The van der Waals surface area contributed by atoms with Crippen molar-refractivity contribution in [1.29, 1.82) is 0 Å². The molecule has 7 atom stereocenters. The van der Waals surface area contributed by atoms with E-state index in [1.807, 2.05) is 0 Å². The maximum Gasteiger partial charge on any atom is 0.326 e. The minimum atomic E-state index is -1.82. The number of carbonyl (C=O) groups is 6. The second kappa shape index (κ2) is 10.8. The summed E-state index contributed by atoms with van der Waals surface area (Å²) in [6.07, 6.45) is 4.40. The van der Waals surface area contributed by atoms with Crippen LogP contribution in [0.3, 0.4) is 0 Å². The van der Waals surface area contributed by atoms with Crippen LogP contribution in [0.25, 0.3) is 0 Å². The van der Waals surface area contributed by atoms with Crippen molar-refractivity contribution in [2.75, 3.05) is 6.61 Å². The third-order valence-corrected chi connectivity index (χ3v) is 10.4. The van der Waals surface area contributed by atoms with Crippen LogP contribution in [0.4, 0.5) is 0 Å². The molecule has 10 heteroatoms. The van der Waals surface area contributed by atoms with Crippen LogP contribution in [0, 0.1) is 34.5 Å². The predicted octanol–water partition coefficient (Wildman–Crippen LogP) is 2.55. The molecule has 4 rings (SSSR count). The molecule has 0 aromatic heterocycles. The number of amides is 1. The average molecular weight is 560 g/mol. The van der Waals surface area contributed by atoms with Crippen LogP contribution in [0.1, 0.15) is 85.5 Å². The van der Waals surface area contributed by atoms with Crippen LogP contribution in [0.2, 0.25) is 0 Å². The highest BCUT2D eigenvalue weighted by Crippen LogP contribution is 2.66. The van der Waals surface area contributed by atoms with Gasteiger partial charge in [0, 0.05) is 30.6 Å². The van der Waals surface area contributed by atoms with E-state index in [1.165, 1.54) is 0 Å². The molecule has 1 amide bonds. The number of fused-ring (bicyclic) bond motifs is 5. The van der Waals surface area contributed by atoms with Gasteiger partial charge in [0.05, 0.1) is 6.42 Å². The monoisotopic (exact) mass is 559 g/mol. The lowest BCUT2D eigenvalue weighted by atomic mass is 9.46. The van der Waals surface area contributed by atoms with Crippen LogP contribution in [-0.4, -0.2) is 63.7 Å². The molecule has 4 aliphatic carbocycles. The smallest absolute Gasteiger partial charge is 0.326 e. The molecule has 3 N–H and O–H groups in total. The zero-order chi connectivity index (χ0) is 29.6. The average Bonchev–Trinajstić information content (AvgIpc) is 3.15. The third kappa shape index (κ3) is 5.03. The molecule has 0 spiro atoms. The topological polar surface area (TPSA) is 164 Å². The van der Waals surface area contributed by atoms with Crippen molar-refractivity contribution in [1.82, 2.24) is 5.32 Å². The molecule has 0 heterocycles. The van der Waals surface area contributed by atoms with Crippen LogP contribution in [0.15, 0.2) is 11.6 Å². The van der Waals surface area contributed by atoms with Gasteiger partial charge in [-0.05, 0) is 61.3 Å². The zero-order valence-electron chi connectivity index (χ0n) is 23.8. The third-order valence-electron chi connectivity index (χ3n) is 10.4. The molecule has 0 aliphatic heterocycles. The number of nitrogens with one attached hydrogen (secondary N) is 1. The van der Waals surface area contributed by atoms with E-state index in [2.05, 4.69) is 12.2 Å². The van der Waals surface area contributed by atoms with Gasteiger partial charge in [0.2, 0.25) is 11.7 Å². The minimum Gasteiger partial charge on any atom is -0.480 e.